The number of thiazole rings is 1. The first-order chi connectivity index (χ1) is 11.3. The van der Waals surface area contributed by atoms with Crippen molar-refractivity contribution in [3.8, 4) is 0 Å². The quantitative estimate of drug-likeness (QED) is 0.769. The molecule has 124 valence electrons. The van der Waals surface area contributed by atoms with Gasteiger partial charge in [-0.3, -0.25) is 13.8 Å². The van der Waals surface area contributed by atoms with Crippen LogP contribution in [0.3, 0.4) is 0 Å². The van der Waals surface area contributed by atoms with Crippen molar-refractivity contribution >= 4 is 33.7 Å². The zero-order chi connectivity index (χ0) is 17.6. The molecule has 0 amide bonds. The molecule has 2 heterocycles. The summed E-state index contributed by atoms with van der Waals surface area (Å²) < 4.78 is 15.6. The van der Waals surface area contributed by atoms with E-state index in [0.29, 0.717) is 5.56 Å². The number of nitrogens with zero attached hydrogens (tertiary/aromatic N) is 2. The molecule has 0 aliphatic carbocycles. The van der Waals surface area contributed by atoms with E-state index in [1.54, 1.807) is 0 Å². The zero-order valence-corrected chi connectivity index (χ0v) is 13.8. The average molecular weight is 369 g/mol. The van der Waals surface area contributed by atoms with Crippen LogP contribution in [-0.2, 0) is 6.54 Å². The van der Waals surface area contributed by atoms with Crippen LogP contribution in [0.15, 0.2) is 34.0 Å². The molecule has 0 unspecified atom stereocenters. The molecule has 3 rings (SSSR count). The summed E-state index contributed by atoms with van der Waals surface area (Å²) in [5.41, 5.74) is -0.584. The van der Waals surface area contributed by atoms with Crippen molar-refractivity contribution in [1.82, 2.24) is 8.97 Å². The highest BCUT2D eigenvalue weighted by Crippen LogP contribution is 2.19. The van der Waals surface area contributed by atoms with Gasteiger partial charge in [-0.25, -0.2) is 14.0 Å². The third kappa shape index (κ3) is 2.63. The van der Waals surface area contributed by atoms with Gasteiger partial charge in [0, 0.05) is 11.8 Å². The molecule has 0 bridgehead atoms. The van der Waals surface area contributed by atoms with Gasteiger partial charge in [0.05, 0.1) is 11.6 Å². The lowest BCUT2D eigenvalue weighted by Gasteiger charge is -2.08. The largest absolute Gasteiger partial charge is 0.477 e. The molecule has 24 heavy (non-hydrogen) atoms. The first kappa shape index (κ1) is 16.4. The van der Waals surface area contributed by atoms with Crippen molar-refractivity contribution in [1.29, 1.82) is 0 Å². The van der Waals surface area contributed by atoms with Crippen LogP contribution >= 0.6 is 22.9 Å². The molecule has 0 saturated carbocycles. The Morgan fingerprint density at radius 1 is 1.38 bits per heavy atom. The van der Waals surface area contributed by atoms with E-state index >= 15 is 0 Å². The number of carboxylic acid groups (broad SMARTS) is 1. The molecular weight excluding hydrogens is 359 g/mol. The highest BCUT2D eigenvalue weighted by molar-refractivity contribution is 7.19. The van der Waals surface area contributed by atoms with E-state index in [1.807, 2.05) is 0 Å². The molecule has 0 radical (unpaired) electrons. The molecule has 6 nitrogen and oxygen atoms in total. The van der Waals surface area contributed by atoms with Gasteiger partial charge < -0.3 is 5.11 Å². The Hall–Kier alpha value is -2.45. The Bertz CT molecular complexity index is 1100. The third-order valence-electron chi connectivity index (χ3n) is 3.53. The highest BCUT2D eigenvalue weighted by Gasteiger charge is 2.17. The maximum Gasteiger partial charge on any atom is 0.347 e. The minimum atomic E-state index is -1.18. The first-order valence-electron chi connectivity index (χ1n) is 6.72. The topological polar surface area (TPSA) is 80.8 Å². The average Bonchev–Trinajstić information content (AvgIpc) is 2.99. The predicted octanol–water partition coefficient (Wildman–Crippen LogP) is 2.37. The van der Waals surface area contributed by atoms with E-state index in [-0.39, 0.29) is 26.8 Å². The smallest absolute Gasteiger partial charge is 0.347 e. The Labute approximate surface area is 143 Å². The van der Waals surface area contributed by atoms with Gasteiger partial charge in [-0.15, -0.1) is 11.3 Å². The molecule has 9 heteroatoms. The minimum Gasteiger partial charge on any atom is -0.477 e. The fourth-order valence-electron chi connectivity index (χ4n) is 2.32. The van der Waals surface area contributed by atoms with E-state index in [4.69, 9.17) is 16.7 Å². The van der Waals surface area contributed by atoms with Gasteiger partial charge in [0.2, 0.25) is 0 Å². The van der Waals surface area contributed by atoms with Crippen molar-refractivity contribution in [2.75, 3.05) is 0 Å². The number of carbonyl (C=O) groups is 1. The summed E-state index contributed by atoms with van der Waals surface area (Å²) in [6.07, 6.45) is 1.18. The van der Waals surface area contributed by atoms with Gasteiger partial charge in [-0.2, -0.15) is 0 Å². The van der Waals surface area contributed by atoms with Crippen molar-refractivity contribution in [3.63, 3.8) is 0 Å². The van der Waals surface area contributed by atoms with Crippen molar-refractivity contribution in [2.45, 2.75) is 13.5 Å². The van der Waals surface area contributed by atoms with Gasteiger partial charge in [-0.1, -0.05) is 17.7 Å². The fourth-order valence-corrected chi connectivity index (χ4v) is 3.37. The Kier molecular flexibility index (Phi) is 4.02. The van der Waals surface area contributed by atoms with Crippen molar-refractivity contribution < 1.29 is 14.3 Å². The monoisotopic (exact) mass is 368 g/mol. The number of halogens is 2. The summed E-state index contributed by atoms with van der Waals surface area (Å²) in [5, 5.41) is 9.00. The molecular formula is C15H10ClFN2O4S. The number of aromatic carboxylic acids is 1. The first-order valence-corrected chi connectivity index (χ1v) is 7.92. The van der Waals surface area contributed by atoms with Crippen LogP contribution in [-0.4, -0.2) is 20.0 Å². The molecule has 0 atom stereocenters. The van der Waals surface area contributed by atoms with Crippen LogP contribution in [0.1, 0.15) is 20.8 Å². The van der Waals surface area contributed by atoms with Gasteiger partial charge in [0.25, 0.3) is 5.56 Å². The number of hydrogen-bond donors (Lipinski definition) is 1. The summed E-state index contributed by atoms with van der Waals surface area (Å²) in [5.74, 6) is -1.83. The van der Waals surface area contributed by atoms with Gasteiger partial charge in [0.15, 0.2) is 0 Å². The van der Waals surface area contributed by atoms with Crippen LogP contribution in [0.4, 0.5) is 4.39 Å². The van der Waals surface area contributed by atoms with E-state index in [2.05, 4.69) is 0 Å². The van der Waals surface area contributed by atoms with Crippen LogP contribution in [0, 0.1) is 12.7 Å². The second kappa shape index (κ2) is 5.88. The van der Waals surface area contributed by atoms with Crippen molar-refractivity contribution in [2.24, 2.45) is 0 Å². The van der Waals surface area contributed by atoms with Crippen LogP contribution in [0.25, 0.3) is 4.83 Å². The maximum atomic E-state index is 13.5. The highest BCUT2D eigenvalue weighted by atomic mass is 35.5. The molecule has 0 aliphatic rings. The Morgan fingerprint density at radius 2 is 2.08 bits per heavy atom. The fraction of sp³-hybridized carbons (Fsp3) is 0.133. The van der Waals surface area contributed by atoms with Crippen LogP contribution in [0.5, 0.6) is 0 Å². The number of benzene rings is 1. The number of fused-ring (bicyclic) bond motifs is 1. The van der Waals surface area contributed by atoms with Crippen LogP contribution in [0.2, 0.25) is 5.02 Å². The number of carboxylic acids is 1. The summed E-state index contributed by atoms with van der Waals surface area (Å²) >= 11 is 6.47. The minimum absolute atomic E-state index is 0.0510. The number of aryl methyl sites for hydroxylation is 1. The molecule has 0 fully saturated rings. The second-order valence-electron chi connectivity index (χ2n) is 5.12. The van der Waals surface area contributed by atoms with E-state index in [1.165, 1.54) is 25.3 Å². The molecule has 3 aromatic rings. The lowest BCUT2D eigenvalue weighted by atomic mass is 10.2. The van der Waals surface area contributed by atoms with Crippen LogP contribution < -0.4 is 11.2 Å². The molecule has 0 saturated heterocycles. The maximum absolute atomic E-state index is 13.5. The van der Waals surface area contributed by atoms with E-state index in [0.717, 1.165) is 26.4 Å². The number of hydrogen-bond acceptors (Lipinski definition) is 4. The summed E-state index contributed by atoms with van der Waals surface area (Å²) in [6, 6.07) is 4.00. The lowest BCUT2D eigenvalue weighted by molar-refractivity contribution is 0.0701. The predicted molar refractivity (Wildman–Crippen MR) is 88.0 cm³/mol. The molecule has 0 aliphatic heterocycles. The van der Waals surface area contributed by atoms with Gasteiger partial charge in [0.1, 0.15) is 15.5 Å². The third-order valence-corrected chi connectivity index (χ3v) is 5.03. The molecule has 1 N–H and O–H groups in total. The Morgan fingerprint density at radius 3 is 2.71 bits per heavy atom. The molecule has 0 spiro atoms. The summed E-state index contributed by atoms with van der Waals surface area (Å²) in [4.78, 5) is 36.2. The van der Waals surface area contributed by atoms with E-state index < -0.39 is 23.0 Å². The molecule has 2 aromatic heterocycles. The van der Waals surface area contributed by atoms with Gasteiger partial charge >= 0.3 is 11.7 Å². The number of aromatic nitrogens is 2. The standard InChI is InChI=1S/C15H10ClFN2O4S/c1-7-12(20)18(5-8-2-3-9(16)10(17)4-8)15(23)19-6-11(14(21)22)24-13(7)19/h2-4,6H,5H2,1H3,(H,21,22). The normalized spacial score (nSPS) is 11.1. The zero-order valence-electron chi connectivity index (χ0n) is 12.2. The SMILES string of the molecule is Cc1c(=O)n(Cc2ccc(Cl)c(F)c2)c(=O)n2cc(C(=O)O)sc12. The number of rotatable bonds is 3. The molecule has 1 aromatic carbocycles. The van der Waals surface area contributed by atoms with Crippen molar-refractivity contribution in [3.05, 3.63) is 72.1 Å². The summed E-state index contributed by atoms with van der Waals surface area (Å²) in [7, 11) is 0. The van der Waals surface area contributed by atoms with Gasteiger partial charge in [-0.05, 0) is 24.6 Å². The second-order valence-corrected chi connectivity index (χ2v) is 6.56. The van der Waals surface area contributed by atoms with E-state index in [9.17, 15) is 18.8 Å². The lowest BCUT2D eigenvalue weighted by Crippen LogP contribution is -2.38. The summed E-state index contributed by atoms with van der Waals surface area (Å²) in [6.45, 7) is 1.37. The Balaban J connectivity index is 2.21.